The van der Waals surface area contributed by atoms with E-state index in [-0.39, 0.29) is 6.42 Å². The molecular weight excluding hydrogens is 304 g/mol. The normalized spacial score (nSPS) is 19.4. The summed E-state index contributed by atoms with van der Waals surface area (Å²) in [5, 5.41) is 9.95. The van der Waals surface area contributed by atoms with Crippen molar-refractivity contribution in [3.63, 3.8) is 0 Å². The number of carboxylic acids is 1. The molecule has 2 unspecified atom stereocenters. The second-order valence-corrected chi connectivity index (χ2v) is 6.88. The first-order chi connectivity index (χ1) is 11.5. The largest absolute Gasteiger partial charge is 0.481 e. The molecule has 1 fully saturated rings. The third kappa shape index (κ3) is 4.22. The average molecular weight is 332 g/mol. The summed E-state index contributed by atoms with van der Waals surface area (Å²) in [7, 11) is 0. The van der Waals surface area contributed by atoms with Crippen LogP contribution in [0, 0.1) is 12.3 Å². The van der Waals surface area contributed by atoms with Gasteiger partial charge in [-0.15, -0.1) is 0 Å². The topological polar surface area (TPSA) is 83.6 Å². The Morgan fingerprint density at radius 2 is 2.00 bits per heavy atom. The van der Waals surface area contributed by atoms with Crippen LogP contribution >= 0.6 is 0 Å². The summed E-state index contributed by atoms with van der Waals surface area (Å²) in [5.74, 6) is -0.984. The summed E-state index contributed by atoms with van der Waals surface area (Å²) in [6, 6.07) is 6.69. The van der Waals surface area contributed by atoms with Gasteiger partial charge in [-0.25, -0.2) is 0 Å². The number of carbonyl (C=O) groups excluding carboxylic acids is 1. The van der Waals surface area contributed by atoms with Crippen LogP contribution in [0.25, 0.3) is 0 Å². The molecule has 24 heavy (non-hydrogen) atoms. The fourth-order valence-electron chi connectivity index (χ4n) is 3.52. The number of hydrogen-bond acceptors (Lipinski definition) is 4. The number of piperidine rings is 1. The number of aliphatic carboxylic acids is 1. The summed E-state index contributed by atoms with van der Waals surface area (Å²) in [4.78, 5) is 25.8. The zero-order valence-corrected chi connectivity index (χ0v) is 14.4. The van der Waals surface area contributed by atoms with E-state index < -0.39 is 17.4 Å². The zero-order chi connectivity index (χ0) is 17.6. The van der Waals surface area contributed by atoms with Crippen molar-refractivity contribution in [1.29, 1.82) is 0 Å². The lowest BCUT2D eigenvalue weighted by molar-refractivity contribution is -0.152. The molecule has 2 rings (SSSR count). The molecule has 1 heterocycles. The van der Waals surface area contributed by atoms with Crippen molar-refractivity contribution in [1.82, 2.24) is 4.90 Å². The number of benzene rings is 1. The van der Waals surface area contributed by atoms with E-state index >= 15 is 0 Å². The van der Waals surface area contributed by atoms with Gasteiger partial charge in [0.1, 0.15) is 6.29 Å². The maximum absolute atomic E-state index is 12.2. The minimum Gasteiger partial charge on any atom is -0.481 e. The van der Waals surface area contributed by atoms with E-state index in [1.54, 1.807) is 0 Å². The van der Waals surface area contributed by atoms with Crippen LogP contribution in [0.2, 0.25) is 0 Å². The molecule has 0 bridgehead atoms. The van der Waals surface area contributed by atoms with Gasteiger partial charge >= 0.3 is 5.97 Å². The molecule has 1 aromatic rings. The highest BCUT2D eigenvalue weighted by atomic mass is 16.4. The molecule has 1 aliphatic heterocycles. The Hall–Kier alpha value is -1.72. The third-order valence-electron chi connectivity index (χ3n) is 5.30. The monoisotopic (exact) mass is 332 g/mol. The summed E-state index contributed by atoms with van der Waals surface area (Å²) >= 11 is 0. The van der Waals surface area contributed by atoms with E-state index in [0.717, 1.165) is 37.1 Å². The van der Waals surface area contributed by atoms with Crippen molar-refractivity contribution in [2.24, 2.45) is 11.1 Å². The van der Waals surface area contributed by atoms with Gasteiger partial charge in [0.25, 0.3) is 0 Å². The van der Waals surface area contributed by atoms with Crippen molar-refractivity contribution in [3.05, 3.63) is 35.4 Å². The molecular formula is C19H28N2O3. The highest BCUT2D eigenvalue weighted by Gasteiger charge is 2.44. The van der Waals surface area contributed by atoms with Crippen molar-refractivity contribution >= 4 is 12.3 Å². The predicted molar refractivity (Wildman–Crippen MR) is 93.9 cm³/mol. The number of carbonyl (C=O) groups is 2. The lowest BCUT2D eigenvalue weighted by Crippen LogP contribution is -2.52. The first-order valence-electron chi connectivity index (χ1n) is 8.71. The minimum atomic E-state index is -1.26. The van der Waals surface area contributed by atoms with Crippen LogP contribution < -0.4 is 5.73 Å². The lowest BCUT2D eigenvalue weighted by Gasteiger charge is -2.36. The molecule has 0 aliphatic carbocycles. The second kappa shape index (κ2) is 8.40. The number of nitrogens with two attached hydrogens (primary N) is 1. The highest BCUT2D eigenvalue weighted by Crippen LogP contribution is 2.32. The van der Waals surface area contributed by atoms with Crippen LogP contribution in [0.1, 0.15) is 36.8 Å². The molecule has 0 radical (unpaired) electrons. The average Bonchev–Trinajstić information content (AvgIpc) is 2.60. The van der Waals surface area contributed by atoms with E-state index in [0.29, 0.717) is 19.3 Å². The fourth-order valence-corrected chi connectivity index (χ4v) is 3.52. The van der Waals surface area contributed by atoms with E-state index in [1.807, 2.05) is 31.2 Å². The Balaban J connectivity index is 2.23. The quantitative estimate of drug-likeness (QED) is 0.712. The van der Waals surface area contributed by atoms with E-state index in [4.69, 9.17) is 5.73 Å². The number of aryl methyl sites for hydroxylation is 1. The molecule has 132 valence electrons. The Morgan fingerprint density at radius 3 is 2.58 bits per heavy atom. The number of hydrogen-bond donors (Lipinski definition) is 2. The van der Waals surface area contributed by atoms with Crippen molar-refractivity contribution < 1.29 is 14.7 Å². The van der Waals surface area contributed by atoms with Gasteiger partial charge in [-0.1, -0.05) is 30.7 Å². The molecule has 0 amide bonds. The smallest absolute Gasteiger partial charge is 0.312 e. The van der Waals surface area contributed by atoms with Gasteiger partial charge < -0.3 is 20.5 Å². The number of carboxylic acid groups (broad SMARTS) is 1. The number of likely N-dealkylation sites (tertiary alicyclic amines) is 1. The SMILES string of the molecule is Cc1ccccc1CC(CCN1CCCCC1)(C(=O)O)C(N)C=O. The van der Waals surface area contributed by atoms with Crippen molar-refractivity contribution in [2.45, 2.75) is 45.1 Å². The first kappa shape index (κ1) is 18.6. The number of nitrogens with zero attached hydrogens (tertiary/aromatic N) is 1. The van der Waals surface area contributed by atoms with E-state index in [1.165, 1.54) is 6.42 Å². The van der Waals surface area contributed by atoms with Crippen LogP contribution in [-0.4, -0.2) is 47.9 Å². The van der Waals surface area contributed by atoms with Crippen LogP contribution in [0.4, 0.5) is 0 Å². The molecule has 5 heteroatoms. The fraction of sp³-hybridized carbons (Fsp3) is 0.579. The molecule has 1 aromatic carbocycles. The molecule has 0 saturated carbocycles. The zero-order valence-electron chi connectivity index (χ0n) is 14.4. The molecule has 2 atom stereocenters. The van der Waals surface area contributed by atoms with Gasteiger partial charge in [-0.3, -0.25) is 4.79 Å². The molecule has 3 N–H and O–H groups in total. The predicted octanol–water partition coefficient (Wildman–Crippen LogP) is 2.01. The Kier molecular flexibility index (Phi) is 6.52. The Labute approximate surface area is 143 Å². The summed E-state index contributed by atoms with van der Waals surface area (Å²) in [5.41, 5.74) is 6.71. The van der Waals surface area contributed by atoms with Gasteiger partial charge in [-0.05, 0) is 63.4 Å². The lowest BCUT2D eigenvalue weighted by atomic mass is 9.72. The van der Waals surface area contributed by atoms with Crippen LogP contribution in [0.5, 0.6) is 0 Å². The maximum atomic E-state index is 12.2. The molecule has 5 nitrogen and oxygen atoms in total. The summed E-state index contributed by atoms with van der Waals surface area (Å²) in [6.07, 6.45) is 4.79. The van der Waals surface area contributed by atoms with E-state index in [2.05, 4.69) is 4.90 Å². The Morgan fingerprint density at radius 1 is 1.33 bits per heavy atom. The number of rotatable bonds is 8. The number of aldehydes is 1. The van der Waals surface area contributed by atoms with E-state index in [9.17, 15) is 14.7 Å². The standard InChI is InChI=1S/C19H28N2O3/c1-15-7-3-4-8-16(15)13-19(18(23)24,17(20)14-22)9-12-21-10-5-2-6-11-21/h3-4,7-8,14,17H,2,5-6,9-13,20H2,1H3,(H,23,24). The molecule has 0 spiro atoms. The second-order valence-electron chi connectivity index (χ2n) is 6.88. The summed E-state index contributed by atoms with van der Waals surface area (Å²) < 4.78 is 0. The Bertz CT molecular complexity index is 569. The van der Waals surface area contributed by atoms with Crippen LogP contribution in [0.15, 0.2) is 24.3 Å². The first-order valence-corrected chi connectivity index (χ1v) is 8.71. The third-order valence-corrected chi connectivity index (χ3v) is 5.30. The highest BCUT2D eigenvalue weighted by molar-refractivity contribution is 5.81. The minimum absolute atomic E-state index is 0.281. The van der Waals surface area contributed by atoms with Gasteiger partial charge in [-0.2, -0.15) is 0 Å². The van der Waals surface area contributed by atoms with Gasteiger partial charge in [0.15, 0.2) is 0 Å². The van der Waals surface area contributed by atoms with Crippen LogP contribution in [-0.2, 0) is 16.0 Å². The van der Waals surface area contributed by atoms with Crippen molar-refractivity contribution in [2.75, 3.05) is 19.6 Å². The van der Waals surface area contributed by atoms with Gasteiger partial charge in [0.2, 0.25) is 0 Å². The molecule has 1 saturated heterocycles. The van der Waals surface area contributed by atoms with Crippen molar-refractivity contribution in [3.8, 4) is 0 Å². The molecule has 1 aliphatic rings. The van der Waals surface area contributed by atoms with Crippen LogP contribution in [0.3, 0.4) is 0 Å². The molecule has 0 aromatic heterocycles. The maximum Gasteiger partial charge on any atom is 0.312 e. The summed E-state index contributed by atoms with van der Waals surface area (Å²) in [6.45, 7) is 4.62. The van der Waals surface area contributed by atoms with Gasteiger partial charge in [0, 0.05) is 0 Å². The van der Waals surface area contributed by atoms with Gasteiger partial charge in [0.05, 0.1) is 11.5 Å².